The maximum absolute atomic E-state index is 12.7. The van der Waals surface area contributed by atoms with Gasteiger partial charge in [-0.3, -0.25) is 9.52 Å². The first-order valence-electron chi connectivity index (χ1n) is 8.06. The Morgan fingerprint density at radius 2 is 1.88 bits per heavy atom. The fourth-order valence-corrected chi connectivity index (χ4v) is 4.22. The maximum atomic E-state index is 12.7. The number of anilines is 2. The largest absolute Gasteiger partial charge is 0.326 e. The van der Waals surface area contributed by atoms with E-state index in [9.17, 15) is 13.2 Å². The van der Waals surface area contributed by atoms with E-state index in [1.54, 1.807) is 43.3 Å². The third kappa shape index (κ3) is 3.96. The third-order valence-electron chi connectivity index (χ3n) is 4.34. The monoisotopic (exact) mass is 378 g/mol. The van der Waals surface area contributed by atoms with Crippen LogP contribution in [0.4, 0.5) is 11.4 Å². The summed E-state index contributed by atoms with van der Waals surface area (Å²) in [6.45, 7) is 1.71. The van der Waals surface area contributed by atoms with Crippen LogP contribution in [0, 0.1) is 12.8 Å². The van der Waals surface area contributed by atoms with Gasteiger partial charge in [-0.15, -0.1) is 0 Å². The molecule has 2 aromatic rings. The van der Waals surface area contributed by atoms with Crippen LogP contribution in [0.3, 0.4) is 0 Å². The highest BCUT2D eigenvalue weighted by Gasteiger charge is 2.26. The average Bonchev–Trinajstić information content (AvgIpc) is 2.49. The molecule has 0 saturated heterocycles. The Labute approximate surface area is 152 Å². The molecule has 0 spiro atoms. The minimum absolute atomic E-state index is 0.0302. The van der Waals surface area contributed by atoms with E-state index < -0.39 is 10.0 Å². The van der Waals surface area contributed by atoms with Gasteiger partial charge in [0.1, 0.15) is 0 Å². The highest BCUT2D eigenvalue weighted by atomic mass is 35.5. The number of aryl methyl sites for hydroxylation is 1. The predicted octanol–water partition coefficient (Wildman–Crippen LogP) is 4.19. The summed E-state index contributed by atoms with van der Waals surface area (Å²) < 4.78 is 28.0. The van der Waals surface area contributed by atoms with Crippen molar-refractivity contribution in [1.29, 1.82) is 0 Å². The third-order valence-corrected chi connectivity index (χ3v) is 6.18. The number of amides is 1. The van der Waals surface area contributed by atoms with E-state index >= 15 is 0 Å². The summed E-state index contributed by atoms with van der Waals surface area (Å²) in [6, 6.07) is 11.5. The molecule has 1 aliphatic rings. The molecule has 0 aromatic heterocycles. The molecule has 2 aromatic carbocycles. The van der Waals surface area contributed by atoms with Gasteiger partial charge in [0.2, 0.25) is 5.91 Å². The van der Waals surface area contributed by atoms with Crippen LogP contribution in [0.25, 0.3) is 0 Å². The minimum atomic E-state index is -3.82. The standard InChI is InChI=1S/C18H19ClN2O3S/c1-12-9-10-14(20-18(22)13-5-4-6-13)11-17(12)25(23,24)21-16-8-3-2-7-15(16)19/h2-3,7-11,13,21H,4-6H2,1H3,(H,20,22). The molecule has 1 aliphatic carbocycles. The number of sulfonamides is 1. The first-order valence-corrected chi connectivity index (χ1v) is 9.92. The van der Waals surface area contributed by atoms with Gasteiger partial charge in [-0.05, 0) is 49.6 Å². The molecular weight excluding hydrogens is 360 g/mol. The lowest BCUT2D eigenvalue weighted by Crippen LogP contribution is -2.28. The molecule has 1 saturated carbocycles. The van der Waals surface area contributed by atoms with E-state index in [0.717, 1.165) is 19.3 Å². The number of rotatable bonds is 5. The van der Waals surface area contributed by atoms with Gasteiger partial charge in [-0.2, -0.15) is 0 Å². The van der Waals surface area contributed by atoms with Crippen LogP contribution in [-0.4, -0.2) is 14.3 Å². The summed E-state index contributed by atoms with van der Waals surface area (Å²) in [6.07, 6.45) is 2.83. The Balaban J connectivity index is 1.86. The summed E-state index contributed by atoms with van der Waals surface area (Å²) in [7, 11) is -3.82. The van der Waals surface area contributed by atoms with Crippen molar-refractivity contribution in [3.05, 3.63) is 53.1 Å². The molecule has 1 fully saturated rings. The second-order valence-electron chi connectivity index (χ2n) is 6.18. The highest BCUT2D eigenvalue weighted by Crippen LogP contribution is 2.29. The van der Waals surface area contributed by atoms with Gasteiger partial charge < -0.3 is 5.32 Å². The Kier molecular flexibility index (Phi) is 5.01. The zero-order valence-corrected chi connectivity index (χ0v) is 15.3. The number of nitrogens with one attached hydrogen (secondary N) is 2. The SMILES string of the molecule is Cc1ccc(NC(=O)C2CCC2)cc1S(=O)(=O)Nc1ccccc1Cl. The molecule has 1 amide bonds. The molecule has 7 heteroatoms. The lowest BCUT2D eigenvalue weighted by atomic mass is 9.85. The minimum Gasteiger partial charge on any atom is -0.326 e. The fourth-order valence-electron chi connectivity index (χ4n) is 2.63. The molecule has 0 atom stereocenters. The van der Waals surface area contributed by atoms with E-state index in [2.05, 4.69) is 10.0 Å². The molecule has 0 bridgehead atoms. The maximum Gasteiger partial charge on any atom is 0.262 e. The molecular formula is C18H19ClN2O3S. The van der Waals surface area contributed by atoms with Gasteiger partial charge in [-0.1, -0.05) is 36.2 Å². The number of carbonyl (C=O) groups excluding carboxylic acids is 1. The van der Waals surface area contributed by atoms with Gasteiger partial charge in [-0.25, -0.2) is 8.42 Å². The Bertz CT molecular complexity index is 908. The Hall–Kier alpha value is -2.05. The normalized spacial score (nSPS) is 14.6. The molecule has 0 heterocycles. The van der Waals surface area contributed by atoms with E-state index in [-0.39, 0.29) is 16.7 Å². The molecule has 5 nitrogen and oxygen atoms in total. The van der Waals surface area contributed by atoms with E-state index in [1.165, 1.54) is 6.07 Å². The fraction of sp³-hybridized carbons (Fsp3) is 0.278. The lowest BCUT2D eigenvalue weighted by molar-refractivity contribution is -0.122. The number of hydrogen-bond donors (Lipinski definition) is 2. The van der Waals surface area contributed by atoms with Crippen LogP contribution in [0.5, 0.6) is 0 Å². The summed E-state index contributed by atoms with van der Waals surface area (Å²) in [5.41, 5.74) is 1.37. The zero-order valence-electron chi connectivity index (χ0n) is 13.8. The Morgan fingerprint density at radius 1 is 1.16 bits per heavy atom. The molecule has 132 valence electrons. The predicted molar refractivity (Wildman–Crippen MR) is 99.4 cm³/mol. The number of para-hydroxylation sites is 1. The number of halogens is 1. The second-order valence-corrected chi connectivity index (χ2v) is 8.24. The average molecular weight is 379 g/mol. The van der Waals surface area contributed by atoms with Crippen molar-refractivity contribution in [2.75, 3.05) is 10.0 Å². The van der Waals surface area contributed by atoms with E-state index in [0.29, 0.717) is 22.0 Å². The van der Waals surface area contributed by atoms with Crippen molar-refractivity contribution in [1.82, 2.24) is 0 Å². The first-order chi connectivity index (χ1) is 11.9. The van der Waals surface area contributed by atoms with Crippen LogP contribution in [-0.2, 0) is 14.8 Å². The van der Waals surface area contributed by atoms with Crippen molar-refractivity contribution in [2.45, 2.75) is 31.1 Å². The first kappa shape index (κ1) is 17.8. The lowest BCUT2D eigenvalue weighted by Gasteiger charge is -2.24. The van der Waals surface area contributed by atoms with Crippen molar-refractivity contribution >= 4 is 38.9 Å². The second kappa shape index (κ2) is 7.06. The number of carbonyl (C=O) groups is 1. The van der Waals surface area contributed by atoms with Crippen molar-refractivity contribution in [3.8, 4) is 0 Å². The summed E-state index contributed by atoms with van der Waals surface area (Å²) >= 11 is 6.03. The molecule has 2 N–H and O–H groups in total. The van der Waals surface area contributed by atoms with Crippen LogP contribution in [0.2, 0.25) is 5.02 Å². The quantitative estimate of drug-likeness (QED) is 0.819. The highest BCUT2D eigenvalue weighted by molar-refractivity contribution is 7.92. The zero-order chi connectivity index (χ0) is 18.0. The van der Waals surface area contributed by atoms with Crippen LogP contribution < -0.4 is 10.0 Å². The summed E-state index contributed by atoms with van der Waals surface area (Å²) in [5.74, 6) is -0.0277. The number of hydrogen-bond acceptors (Lipinski definition) is 3. The molecule has 25 heavy (non-hydrogen) atoms. The van der Waals surface area contributed by atoms with Crippen molar-refractivity contribution in [2.24, 2.45) is 5.92 Å². The molecule has 3 rings (SSSR count). The van der Waals surface area contributed by atoms with Crippen LogP contribution in [0.15, 0.2) is 47.4 Å². The van der Waals surface area contributed by atoms with Crippen molar-refractivity contribution < 1.29 is 13.2 Å². The van der Waals surface area contributed by atoms with Crippen LogP contribution in [0.1, 0.15) is 24.8 Å². The topological polar surface area (TPSA) is 75.3 Å². The Morgan fingerprint density at radius 3 is 2.52 bits per heavy atom. The molecule has 0 unspecified atom stereocenters. The molecule has 0 radical (unpaired) electrons. The van der Waals surface area contributed by atoms with E-state index in [4.69, 9.17) is 11.6 Å². The molecule has 0 aliphatic heterocycles. The van der Waals surface area contributed by atoms with Crippen molar-refractivity contribution in [3.63, 3.8) is 0 Å². The van der Waals surface area contributed by atoms with E-state index in [1.807, 2.05) is 0 Å². The summed E-state index contributed by atoms with van der Waals surface area (Å²) in [4.78, 5) is 12.2. The van der Waals surface area contributed by atoms with Gasteiger partial charge in [0, 0.05) is 11.6 Å². The van der Waals surface area contributed by atoms with Gasteiger partial charge in [0.05, 0.1) is 15.6 Å². The van der Waals surface area contributed by atoms with Crippen LogP contribution >= 0.6 is 11.6 Å². The summed E-state index contributed by atoms with van der Waals surface area (Å²) in [5, 5.41) is 3.12. The van der Waals surface area contributed by atoms with Gasteiger partial charge in [0.25, 0.3) is 10.0 Å². The number of benzene rings is 2. The smallest absolute Gasteiger partial charge is 0.262 e. The van der Waals surface area contributed by atoms with Gasteiger partial charge >= 0.3 is 0 Å². The van der Waals surface area contributed by atoms with Gasteiger partial charge in [0.15, 0.2) is 0 Å².